The zero-order valence-electron chi connectivity index (χ0n) is 26.8. The molecule has 0 spiro atoms. The number of ketones is 1. The molecule has 9 nitrogen and oxygen atoms in total. The van der Waals surface area contributed by atoms with Gasteiger partial charge in [0.2, 0.25) is 0 Å². The van der Waals surface area contributed by atoms with Gasteiger partial charge in [-0.3, -0.25) is 4.79 Å². The van der Waals surface area contributed by atoms with Crippen LogP contribution < -0.4 is 18.9 Å². The first kappa shape index (κ1) is 31.7. The van der Waals surface area contributed by atoms with Gasteiger partial charge in [-0.15, -0.1) is 0 Å². The fourth-order valence-corrected chi connectivity index (χ4v) is 6.35. The van der Waals surface area contributed by atoms with E-state index in [1.165, 1.54) is 6.07 Å². The summed E-state index contributed by atoms with van der Waals surface area (Å²) < 4.78 is 23.4. The van der Waals surface area contributed by atoms with Crippen molar-refractivity contribution in [3.63, 3.8) is 0 Å². The molecule has 0 saturated carbocycles. The highest BCUT2D eigenvalue weighted by molar-refractivity contribution is 6.04. The Kier molecular flexibility index (Phi) is 8.64. The van der Waals surface area contributed by atoms with Gasteiger partial charge >= 0.3 is 0 Å². The zero-order chi connectivity index (χ0) is 33.4. The van der Waals surface area contributed by atoms with Crippen LogP contribution in [0.25, 0.3) is 0 Å². The number of Topliss-reactive ketones (excluding diaryl/α,β-unsaturated/α-hetero) is 1. The lowest BCUT2D eigenvalue weighted by Gasteiger charge is -2.31. The van der Waals surface area contributed by atoms with Crippen molar-refractivity contribution in [3.05, 3.63) is 105 Å². The molecule has 0 aromatic heterocycles. The molecule has 0 bridgehead atoms. The average molecular weight is 639 g/mol. The van der Waals surface area contributed by atoms with Crippen molar-refractivity contribution in [3.8, 4) is 46.0 Å². The fourth-order valence-electron chi connectivity index (χ4n) is 6.35. The highest BCUT2D eigenvalue weighted by atomic mass is 16.5. The van der Waals surface area contributed by atoms with Crippen LogP contribution in [-0.4, -0.2) is 40.4 Å². The first-order valence-electron chi connectivity index (χ1n) is 15.6. The lowest BCUT2D eigenvalue weighted by Crippen LogP contribution is -2.22. The number of phenolic OH excluding ortho intramolecular Hbond substituents is 4. The van der Waals surface area contributed by atoms with E-state index in [9.17, 15) is 25.2 Å². The van der Waals surface area contributed by atoms with Crippen LogP contribution in [0.3, 0.4) is 0 Å². The van der Waals surface area contributed by atoms with E-state index in [0.29, 0.717) is 35.5 Å². The third-order valence-corrected chi connectivity index (χ3v) is 9.14. The fraction of sp³-hybridized carbons (Fsp3) is 0.289. The third-order valence-electron chi connectivity index (χ3n) is 9.14. The molecule has 4 aromatic carbocycles. The number of allylic oxidation sites excluding steroid dienone is 2. The number of aromatic hydroxyl groups is 4. The molecule has 2 aliphatic rings. The molecule has 0 fully saturated rings. The van der Waals surface area contributed by atoms with Crippen LogP contribution in [0, 0.1) is 0 Å². The maximum atomic E-state index is 13.7. The quantitative estimate of drug-likeness (QED) is 0.146. The minimum absolute atomic E-state index is 0.00868. The summed E-state index contributed by atoms with van der Waals surface area (Å²) in [5.41, 5.74) is 3.76. The number of fused-ring (bicyclic) bond motifs is 2. The predicted molar refractivity (Wildman–Crippen MR) is 175 cm³/mol. The number of carbonyl (C=O) groups excluding carboxylic acids is 1. The minimum Gasteiger partial charge on any atom is -0.507 e. The summed E-state index contributed by atoms with van der Waals surface area (Å²) in [7, 11) is 3.17. The Balaban J connectivity index is 1.43. The maximum absolute atomic E-state index is 13.7. The lowest BCUT2D eigenvalue weighted by atomic mass is 9.86. The SMILES string of the molecule is C/C=C(\C)Cc1c(O)c(Cc2c(O)cc(O)c3c2O[C@H](c2ccc(OC)cc2)CC3)c(O)c2c1O[C@@H](c1ccc(OC)cc1)CC2=O. The number of hydrogen-bond acceptors (Lipinski definition) is 9. The van der Waals surface area contributed by atoms with E-state index in [1.54, 1.807) is 26.4 Å². The van der Waals surface area contributed by atoms with Crippen LogP contribution in [0.4, 0.5) is 0 Å². The topological polar surface area (TPSA) is 135 Å². The molecule has 0 unspecified atom stereocenters. The average Bonchev–Trinajstić information content (AvgIpc) is 3.09. The van der Waals surface area contributed by atoms with Gasteiger partial charge in [-0.25, -0.2) is 0 Å². The van der Waals surface area contributed by atoms with Gasteiger partial charge in [0.25, 0.3) is 0 Å². The van der Waals surface area contributed by atoms with Crippen molar-refractivity contribution in [2.75, 3.05) is 14.2 Å². The van der Waals surface area contributed by atoms with E-state index in [1.807, 2.05) is 56.3 Å². The van der Waals surface area contributed by atoms with Crippen LogP contribution in [-0.2, 0) is 19.3 Å². The Morgan fingerprint density at radius 2 is 1.40 bits per heavy atom. The van der Waals surface area contributed by atoms with Crippen LogP contribution in [0.15, 0.2) is 66.2 Å². The summed E-state index contributed by atoms with van der Waals surface area (Å²) in [5, 5.41) is 45.3. The summed E-state index contributed by atoms with van der Waals surface area (Å²) in [6.45, 7) is 3.78. The number of methoxy groups -OCH3 is 2. The summed E-state index contributed by atoms with van der Waals surface area (Å²) in [6, 6.07) is 15.9. The molecule has 0 saturated heterocycles. The van der Waals surface area contributed by atoms with Crippen molar-refractivity contribution < 1.29 is 44.2 Å². The smallest absolute Gasteiger partial charge is 0.174 e. The van der Waals surface area contributed by atoms with Gasteiger partial charge in [0.1, 0.15) is 63.8 Å². The number of benzene rings is 4. The minimum atomic E-state index is -0.633. The van der Waals surface area contributed by atoms with Crippen molar-refractivity contribution in [2.45, 2.75) is 58.2 Å². The second-order valence-corrected chi connectivity index (χ2v) is 12.0. The second kappa shape index (κ2) is 12.8. The van der Waals surface area contributed by atoms with E-state index in [2.05, 4.69) is 0 Å². The van der Waals surface area contributed by atoms with Gasteiger partial charge in [-0.05, 0) is 62.1 Å². The summed E-state index contributed by atoms with van der Waals surface area (Å²) in [4.78, 5) is 13.7. The highest BCUT2D eigenvalue weighted by Gasteiger charge is 2.37. The van der Waals surface area contributed by atoms with E-state index in [-0.39, 0.29) is 76.6 Å². The maximum Gasteiger partial charge on any atom is 0.174 e. The van der Waals surface area contributed by atoms with Gasteiger partial charge in [-0.1, -0.05) is 35.9 Å². The third kappa shape index (κ3) is 5.89. The van der Waals surface area contributed by atoms with Crippen molar-refractivity contribution in [1.29, 1.82) is 0 Å². The van der Waals surface area contributed by atoms with Crippen molar-refractivity contribution in [1.82, 2.24) is 0 Å². The van der Waals surface area contributed by atoms with Crippen LogP contribution in [0.2, 0.25) is 0 Å². The van der Waals surface area contributed by atoms with E-state index in [4.69, 9.17) is 18.9 Å². The number of rotatable bonds is 8. The van der Waals surface area contributed by atoms with Crippen LogP contribution >= 0.6 is 0 Å². The molecule has 4 N–H and O–H groups in total. The molecule has 2 atom stereocenters. The number of carbonyl (C=O) groups is 1. The molecule has 2 heterocycles. The standard InChI is InChI=1S/C38H38O9/c1-5-20(2)16-28-35(42)27(36(43)34-31(41)19-33(47-38(28)34)22-8-12-24(45-4)13-9-22)17-26-30(40)18-29(39)25-14-15-32(46-37(25)26)21-6-10-23(44-3)11-7-21/h5-13,18,32-33,39-40,42-43H,14-17,19H2,1-4H3/b20-5+/t32-,33+/m0/s1. The summed E-state index contributed by atoms with van der Waals surface area (Å²) in [5.74, 6) is 0.423. The van der Waals surface area contributed by atoms with Crippen molar-refractivity contribution in [2.24, 2.45) is 0 Å². The molecule has 0 aliphatic carbocycles. The predicted octanol–water partition coefficient (Wildman–Crippen LogP) is 7.40. The molecular weight excluding hydrogens is 600 g/mol. The first-order valence-corrected chi connectivity index (χ1v) is 15.6. The molecule has 4 aromatic rings. The van der Waals surface area contributed by atoms with E-state index in [0.717, 1.165) is 16.7 Å². The number of phenols is 4. The molecule has 9 heteroatoms. The molecule has 0 radical (unpaired) electrons. The van der Waals surface area contributed by atoms with Crippen LogP contribution in [0.5, 0.6) is 46.0 Å². The van der Waals surface area contributed by atoms with Gasteiger partial charge < -0.3 is 39.4 Å². The first-order chi connectivity index (χ1) is 22.6. The number of hydrogen-bond donors (Lipinski definition) is 4. The van der Waals surface area contributed by atoms with Crippen LogP contribution in [0.1, 0.15) is 82.6 Å². The summed E-state index contributed by atoms with van der Waals surface area (Å²) >= 11 is 0. The Morgan fingerprint density at radius 1 is 0.809 bits per heavy atom. The van der Waals surface area contributed by atoms with Gasteiger partial charge in [0, 0.05) is 41.2 Å². The molecule has 6 rings (SSSR count). The van der Waals surface area contributed by atoms with Crippen molar-refractivity contribution >= 4 is 5.78 Å². The van der Waals surface area contributed by atoms with E-state index < -0.39 is 11.9 Å². The molecule has 244 valence electrons. The molecule has 0 amide bonds. The van der Waals surface area contributed by atoms with Gasteiger partial charge in [0.15, 0.2) is 5.78 Å². The Hall–Kier alpha value is -5.31. The number of ether oxygens (including phenoxy) is 4. The molecular formula is C38H38O9. The highest BCUT2D eigenvalue weighted by Crippen LogP contribution is 2.52. The Labute approximate surface area is 273 Å². The Bertz CT molecular complexity index is 1860. The molecule has 2 aliphatic heterocycles. The van der Waals surface area contributed by atoms with Gasteiger partial charge in [0.05, 0.1) is 20.6 Å². The van der Waals surface area contributed by atoms with E-state index >= 15 is 0 Å². The largest absolute Gasteiger partial charge is 0.507 e. The second-order valence-electron chi connectivity index (χ2n) is 12.0. The Morgan fingerprint density at radius 3 is 2.00 bits per heavy atom. The lowest BCUT2D eigenvalue weighted by molar-refractivity contribution is 0.0842. The molecule has 47 heavy (non-hydrogen) atoms. The monoisotopic (exact) mass is 638 g/mol. The van der Waals surface area contributed by atoms with Gasteiger partial charge in [-0.2, -0.15) is 0 Å². The summed E-state index contributed by atoms with van der Waals surface area (Å²) in [6.07, 6.45) is 2.01. The normalized spacial score (nSPS) is 17.3. The zero-order valence-corrected chi connectivity index (χ0v) is 26.8.